The Morgan fingerprint density at radius 1 is 0.337 bits per heavy atom. The van der Waals surface area contributed by atoms with Crippen molar-refractivity contribution in [3.63, 3.8) is 0 Å². The number of carbonyl (C=O) groups excluding carboxylic acids is 2. The molecule has 0 bridgehead atoms. The number of hydrogen-bond acceptors (Lipinski definition) is 7. The zero-order valence-electron chi connectivity index (χ0n) is 56.8. The summed E-state index contributed by atoms with van der Waals surface area (Å²) in [6, 6.07) is 0. The number of carboxylic acids is 1. The van der Waals surface area contributed by atoms with Crippen LogP contribution >= 0.6 is 0 Å². The van der Waals surface area contributed by atoms with Crippen LogP contribution in [0.15, 0.2) is 194 Å². The third kappa shape index (κ3) is 69.5. The van der Waals surface area contributed by atoms with Gasteiger partial charge in [0.25, 0.3) is 6.29 Å². The molecule has 0 aliphatic carbocycles. The van der Waals surface area contributed by atoms with Crippen LogP contribution in [0.3, 0.4) is 0 Å². The predicted molar refractivity (Wildman–Crippen MR) is 382 cm³/mol. The molecule has 0 aromatic carbocycles. The molecule has 0 aliphatic heterocycles. The van der Waals surface area contributed by atoms with E-state index in [4.69, 9.17) is 18.9 Å². The summed E-state index contributed by atoms with van der Waals surface area (Å²) in [7, 11) is 5.94. The highest BCUT2D eigenvalue weighted by molar-refractivity contribution is 5.71. The van der Waals surface area contributed by atoms with Gasteiger partial charge in [-0.1, -0.05) is 272 Å². The van der Waals surface area contributed by atoms with Gasteiger partial charge in [-0.05, 0) is 141 Å². The standard InChI is InChI=1S/C80H125NO8/c1-6-8-10-12-14-16-18-20-22-24-26-28-30-32-33-34-35-36-37-38-39-40-41-42-43-44-45-47-49-51-53-55-57-59-61-63-65-67-69-71-78(83)89-76(75-88-80(79(84)85)86-73-72-81(3,4)5)74-87-77(82)70-68-66-64-62-60-58-56-54-52-50-48-46-31-29-27-25-23-21-19-17-15-13-11-9-7-2/h8-11,14-17,20-23,26-29,32-33,35-36,38-39,41-42,44-45,49,51,55,57,61,63,76,80H,6-7,12-13,18-19,24-25,30-31,34,37,40,43,46-48,50,52-54,56,58-60,62,64-75H2,1-5H3/p+1/b10-8-,11-9-,16-14-,17-15-,22-20-,23-21-,28-26-,29-27-,33-32-,36-35-,39-38-,42-41-,45-44-,51-49-,57-55-,63-61-. The number of ether oxygens (including phenoxy) is 4. The van der Waals surface area contributed by atoms with Crippen molar-refractivity contribution in [3.8, 4) is 0 Å². The summed E-state index contributed by atoms with van der Waals surface area (Å²) in [5.74, 6) is -2.09. The van der Waals surface area contributed by atoms with Crippen molar-refractivity contribution in [1.29, 1.82) is 0 Å². The Balaban J connectivity index is 4.29. The number of allylic oxidation sites excluding steroid dienone is 32. The monoisotopic (exact) mass is 1230 g/mol. The quantitative estimate of drug-likeness (QED) is 0.0211. The number of aliphatic carboxylic acids is 1. The fourth-order valence-electron chi connectivity index (χ4n) is 8.63. The first-order valence-electron chi connectivity index (χ1n) is 34.6. The van der Waals surface area contributed by atoms with E-state index in [1.54, 1.807) is 0 Å². The normalized spacial score (nSPS) is 13.9. The first-order chi connectivity index (χ1) is 43.6. The zero-order valence-corrected chi connectivity index (χ0v) is 56.8. The second-order valence-electron chi connectivity index (χ2n) is 23.4. The van der Waals surface area contributed by atoms with Gasteiger partial charge >= 0.3 is 17.9 Å². The van der Waals surface area contributed by atoms with Crippen LogP contribution in [0, 0.1) is 0 Å². The van der Waals surface area contributed by atoms with Gasteiger partial charge in [0.15, 0.2) is 6.10 Å². The van der Waals surface area contributed by atoms with Crippen LogP contribution in [0.5, 0.6) is 0 Å². The van der Waals surface area contributed by atoms with Crippen molar-refractivity contribution < 1.29 is 42.9 Å². The van der Waals surface area contributed by atoms with Crippen LogP contribution in [0.1, 0.15) is 232 Å². The molecule has 0 spiro atoms. The van der Waals surface area contributed by atoms with Crippen LogP contribution < -0.4 is 0 Å². The number of carbonyl (C=O) groups is 3. The van der Waals surface area contributed by atoms with Gasteiger partial charge in [0.2, 0.25) is 0 Å². The second kappa shape index (κ2) is 68.0. The third-order valence-electron chi connectivity index (χ3n) is 13.8. The van der Waals surface area contributed by atoms with Gasteiger partial charge in [0.05, 0.1) is 34.4 Å². The number of carboxylic acid groups (broad SMARTS) is 1. The molecule has 2 unspecified atom stereocenters. The van der Waals surface area contributed by atoms with Crippen LogP contribution in [0.2, 0.25) is 0 Å². The molecule has 2 atom stereocenters. The fourth-order valence-corrected chi connectivity index (χ4v) is 8.63. The van der Waals surface area contributed by atoms with Crippen molar-refractivity contribution in [2.45, 2.75) is 245 Å². The van der Waals surface area contributed by atoms with E-state index in [0.717, 1.165) is 135 Å². The minimum atomic E-state index is -1.54. The van der Waals surface area contributed by atoms with Crippen molar-refractivity contribution in [2.24, 2.45) is 0 Å². The molecule has 9 heteroatoms. The molecule has 0 radical (unpaired) electrons. The summed E-state index contributed by atoms with van der Waals surface area (Å²) >= 11 is 0. The van der Waals surface area contributed by atoms with Gasteiger partial charge in [-0.25, -0.2) is 4.79 Å². The summed E-state index contributed by atoms with van der Waals surface area (Å²) in [5, 5.41) is 9.74. The number of unbranched alkanes of at least 4 members (excludes halogenated alkanes) is 14. The Morgan fingerprint density at radius 3 is 0.921 bits per heavy atom. The van der Waals surface area contributed by atoms with Crippen molar-refractivity contribution in [3.05, 3.63) is 194 Å². The summed E-state index contributed by atoms with van der Waals surface area (Å²) < 4.78 is 22.9. The van der Waals surface area contributed by atoms with Gasteiger partial charge in [-0.15, -0.1) is 0 Å². The minimum absolute atomic E-state index is 0.168. The van der Waals surface area contributed by atoms with Gasteiger partial charge in [0.1, 0.15) is 13.2 Å². The molecule has 0 aliphatic rings. The maximum absolute atomic E-state index is 12.9. The molecule has 1 N–H and O–H groups in total. The predicted octanol–water partition coefficient (Wildman–Crippen LogP) is 21.8. The zero-order chi connectivity index (χ0) is 64.7. The molecule has 0 rings (SSSR count). The van der Waals surface area contributed by atoms with Gasteiger partial charge < -0.3 is 28.5 Å². The van der Waals surface area contributed by atoms with E-state index in [1.165, 1.54) is 64.2 Å². The van der Waals surface area contributed by atoms with Crippen LogP contribution in [-0.4, -0.2) is 87.4 Å². The van der Waals surface area contributed by atoms with Crippen molar-refractivity contribution in [1.82, 2.24) is 0 Å². The Bertz CT molecular complexity index is 2160. The molecule has 0 saturated heterocycles. The van der Waals surface area contributed by atoms with E-state index in [2.05, 4.69) is 208 Å². The lowest BCUT2D eigenvalue weighted by molar-refractivity contribution is -0.870. The fraction of sp³-hybridized carbons (Fsp3) is 0.562. The molecule has 0 amide bonds. The molecule has 0 aromatic rings. The summed E-state index contributed by atoms with van der Waals surface area (Å²) in [6.07, 6.45) is 103. The Morgan fingerprint density at radius 2 is 0.607 bits per heavy atom. The molecular weight excluding hydrogens is 1100 g/mol. The first-order valence-corrected chi connectivity index (χ1v) is 34.6. The van der Waals surface area contributed by atoms with E-state index in [0.29, 0.717) is 17.4 Å². The van der Waals surface area contributed by atoms with Crippen molar-refractivity contribution in [2.75, 3.05) is 47.5 Å². The van der Waals surface area contributed by atoms with Gasteiger partial charge in [-0.3, -0.25) is 9.59 Å². The van der Waals surface area contributed by atoms with E-state index < -0.39 is 24.3 Å². The highest BCUT2D eigenvalue weighted by atomic mass is 16.7. The number of rotatable bonds is 61. The molecule has 89 heavy (non-hydrogen) atoms. The maximum Gasteiger partial charge on any atom is 0.361 e. The number of quaternary nitrogens is 1. The molecule has 0 aromatic heterocycles. The van der Waals surface area contributed by atoms with E-state index >= 15 is 0 Å². The highest BCUT2D eigenvalue weighted by Gasteiger charge is 2.25. The Kier molecular flexibility index (Phi) is 63.6. The third-order valence-corrected chi connectivity index (χ3v) is 13.8. The maximum atomic E-state index is 12.9. The lowest BCUT2D eigenvalue weighted by Gasteiger charge is -2.25. The molecule has 0 saturated carbocycles. The number of esters is 2. The summed E-state index contributed by atoms with van der Waals surface area (Å²) in [4.78, 5) is 37.6. The van der Waals surface area contributed by atoms with E-state index in [1.807, 2.05) is 21.1 Å². The molecule has 498 valence electrons. The molecule has 0 fully saturated rings. The topological polar surface area (TPSA) is 108 Å². The Hall–Kier alpha value is -5.87. The number of nitrogens with zero attached hydrogens (tertiary/aromatic N) is 1. The lowest BCUT2D eigenvalue weighted by atomic mass is 10.0. The van der Waals surface area contributed by atoms with Crippen LogP contribution in [0.25, 0.3) is 0 Å². The van der Waals surface area contributed by atoms with Crippen LogP contribution in [0.4, 0.5) is 0 Å². The average Bonchev–Trinajstić information content (AvgIpc) is 3.64. The Labute approximate surface area is 544 Å². The van der Waals surface area contributed by atoms with Crippen molar-refractivity contribution >= 4 is 17.9 Å². The average molecular weight is 1230 g/mol. The molecular formula is C80H126NO8+. The van der Waals surface area contributed by atoms with Crippen LogP contribution in [-0.2, 0) is 33.3 Å². The van der Waals surface area contributed by atoms with Gasteiger partial charge in [0, 0.05) is 12.8 Å². The number of likely N-dealkylation sites (N-methyl/N-ethyl adjacent to an activating group) is 1. The van der Waals surface area contributed by atoms with E-state index in [-0.39, 0.29) is 38.6 Å². The largest absolute Gasteiger partial charge is 0.477 e. The smallest absolute Gasteiger partial charge is 0.361 e. The van der Waals surface area contributed by atoms with E-state index in [9.17, 15) is 19.5 Å². The minimum Gasteiger partial charge on any atom is -0.477 e. The highest BCUT2D eigenvalue weighted by Crippen LogP contribution is 2.15. The summed E-state index contributed by atoms with van der Waals surface area (Å²) in [6.45, 7) is 4.58. The van der Waals surface area contributed by atoms with Gasteiger partial charge in [-0.2, -0.15) is 0 Å². The molecule has 0 heterocycles. The SMILES string of the molecule is CC/C=C\C/C=C\C/C=C\C/C=C\C/C=C\C/C=C\C/C=C\C/C=C\C/C=C\C/C=C\C/C=C\C/C=C\CCCCC(=O)OC(COC(=O)CCCCCCCCCCCCCC/C=C\C/C=C\C/C=C\C/C=C\CC)COC(OCC[N+](C)(C)C)C(=O)O. The summed E-state index contributed by atoms with van der Waals surface area (Å²) in [5.41, 5.74) is 0. The second-order valence-corrected chi connectivity index (χ2v) is 23.4. The number of hydrogen-bond donors (Lipinski definition) is 1. The molecule has 9 nitrogen and oxygen atoms in total. The first kappa shape index (κ1) is 83.1. The lowest BCUT2D eigenvalue weighted by Crippen LogP contribution is -2.40.